The minimum Gasteiger partial charge on any atom is -0.494 e. The maximum atomic E-state index is 12.8. The van der Waals surface area contributed by atoms with Crippen LogP contribution in [-0.2, 0) is 0 Å². The molecule has 0 unspecified atom stereocenters. The molecule has 2 amide bonds. The van der Waals surface area contributed by atoms with E-state index in [1.54, 1.807) is 47.8 Å². The van der Waals surface area contributed by atoms with Crippen molar-refractivity contribution in [2.45, 2.75) is 12.8 Å². The fourth-order valence-corrected chi connectivity index (χ4v) is 3.26. The van der Waals surface area contributed by atoms with Crippen LogP contribution in [-0.4, -0.2) is 25.0 Å². The Balaban J connectivity index is 1.43. The number of para-hydroxylation sites is 1. The minimum absolute atomic E-state index is 0.245. The summed E-state index contributed by atoms with van der Waals surface area (Å²) in [5, 5.41) is 9.23. The van der Waals surface area contributed by atoms with Crippen molar-refractivity contribution in [1.29, 1.82) is 0 Å². The van der Waals surface area contributed by atoms with Gasteiger partial charge in [0.25, 0.3) is 11.8 Å². The largest absolute Gasteiger partial charge is 0.494 e. The lowest BCUT2D eigenvalue weighted by atomic mass is 10.1. The molecule has 1 heterocycles. The number of anilines is 1. The highest BCUT2D eigenvalue weighted by molar-refractivity contribution is 7.08. The van der Waals surface area contributed by atoms with Crippen molar-refractivity contribution >= 4 is 28.8 Å². The fourth-order valence-electron chi connectivity index (χ4n) is 2.62. The van der Waals surface area contributed by atoms with Crippen molar-refractivity contribution in [1.82, 2.24) is 5.32 Å². The molecule has 0 radical (unpaired) electrons. The summed E-state index contributed by atoms with van der Waals surface area (Å²) in [4.78, 5) is 24.7. The lowest BCUT2D eigenvalue weighted by Gasteiger charge is -2.11. The highest BCUT2D eigenvalue weighted by Crippen LogP contribution is 2.17. The summed E-state index contributed by atoms with van der Waals surface area (Å²) in [5.74, 6) is -0.173. The molecule has 0 atom stereocenters. The van der Waals surface area contributed by atoms with E-state index < -0.39 is 0 Å². The summed E-state index contributed by atoms with van der Waals surface area (Å²) >= 11 is 1.44. The molecule has 2 aromatic carbocycles. The van der Waals surface area contributed by atoms with E-state index in [0.717, 1.165) is 12.8 Å². The van der Waals surface area contributed by atoms with E-state index in [1.165, 1.54) is 23.5 Å². The van der Waals surface area contributed by atoms with Gasteiger partial charge in [-0.3, -0.25) is 9.59 Å². The van der Waals surface area contributed by atoms with Crippen molar-refractivity contribution in [2.24, 2.45) is 0 Å². The summed E-state index contributed by atoms with van der Waals surface area (Å²) < 4.78 is 18.4. The first kappa shape index (κ1) is 20.5. The zero-order valence-electron chi connectivity index (χ0n) is 15.7. The number of thiophene rings is 1. The van der Waals surface area contributed by atoms with Crippen LogP contribution in [0.15, 0.2) is 65.4 Å². The molecule has 3 rings (SSSR count). The maximum Gasteiger partial charge on any atom is 0.256 e. The second kappa shape index (κ2) is 10.4. The lowest BCUT2D eigenvalue weighted by molar-refractivity contribution is 0.0953. The van der Waals surface area contributed by atoms with Crippen LogP contribution >= 0.6 is 11.3 Å². The number of rotatable bonds is 9. The molecular formula is C22H21FN2O3S. The zero-order chi connectivity index (χ0) is 20.5. The van der Waals surface area contributed by atoms with E-state index in [4.69, 9.17) is 4.74 Å². The Morgan fingerprint density at radius 2 is 1.76 bits per heavy atom. The van der Waals surface area contributed by atoms with E-state index in [1.807, 2.05) is 5.38 Å². The third-order valence-corrected chi connectivity index (χ3v) is 4.83. The van der Waals surface area contributed by atoms with Gasteiger partial charge in [0.1, 0.15) is 11.6 Å². The Morgan fingerprint density at radius 3 is 2.52 bits per heavy atom. The summed E-state index contributed by atoms with van der Waals surface area (Å²) in [6.07, 6.45) is 1.48. The van der Waals surface area contributed by atoms with E-state index in [-0.39, 0.29) is 17.6 Å². The molecule has 7 heteroatoms. The average molecular weight is 412 g/mol. The molecule has 5 nitrogen and oxygen atoms in total. The smallest absolute Gasteiger partial charge is 0.256 e. The molecule has 0 saturated carbocycles. The molecule has 0 saturated heterocycles. The Bertz CT molecular complexity index is 943. The minimum atomic E-state index is -0.299. The normalized spacial score (nSPS) is 10.4. The summed E-state index contributed by atoms with van der Waals surface area (Å²) in [5.41, 5.74) is 1.45. The Morgan fingerprint density at radius 1 is 0.966 bits per heavy atom. The van der Waals surface area contributed by atoms with E-state index in [2.05, 4.69) is 10.6 Å². The SMILES string of the molecule is O=C(Nc1ccccc1C(=O)NCCCCOc1ccc(F)cc1)c1ccsc1. The number of hydrogen-bond acceptors (Lipinski definition) is 4. The Hall–Kier alpha value is -3.19. The maximum absolute atomic E-state index is 12.8. The quantitative estimate of drug-likeness (QED) is 0.500. The number of ether oxygens (including phenoxy) is 1. The van der Waals surface area contributed by atoms with Gasteiger partial charge in [0, 0.05) is 11.9 Å². The van der Waals surface area contributed by atoms with Gasteiger partial charge in [0.05, 0.1) is 23.4 Å². The van der Waals surface area contributed by atoms with Crippen LogP contribution in [0.5, 0.6) is 5.75 Å². The summed E-state index contributed by atoms with van der Waals surface area (Å²) in [7, 11) is 0. The van der Waals surface area contributed by atoms with E-state index >= 15 is 0 Å². The molecule has 0 bridgehead atoms. The van der Waals surface area contributed by atoms with Crippen LogP contribution in [0.4, 0.5) is 10.1 Å². The van der Waals surface area contributed by atoms with Crippen molar-refractivity contribution in [3.63, 3.8) is 0 Å². The average Bonchev–Trinajstić information content (AvgIpc) is 3.27. The Kier molecular flexibility index (Phi) is 7.35. The van der Waals surface area contributed by atoms with Crippen LogP contribution in [0.25, 0.3) is 0 Å². The molecule has 0 aliphatic carbocycles. The molecule has 0 aliphatic rings. The molecule has 1 aromatic heterocycles. The van der Waals surface area contributed by atoms with Gasteiger partial charge in [-0.2, -0.15) is 11.3 Å². The fraction of sp³-hybridized carbons (Fsp3) is 0.182. The highest BCUT2D eigenvalue weighted by Gasteiger charge is 2.13. The monoisotopic (exact) mass is 412 g/mol. The number of carbonyl (C=O) groups excluding carboxylic acids is 2. The van der Waals surface area contributed by atoms with Gasteiger partial charge >= 0.3 is 0 Å². The third-order valence-electron chi connectivity index (χ3n) is 4.14. The topological polar surface area (TPSA) is 67.4 Å². The van der Waals surface area contributed by atoms with Crippen LogP contribution in [0.3, 0.4) is 0 Å². The van der Waals surface area contributed by atoms with Gasteiger partial charge < -0.3 is 15.4 Å². The molecule has 3 aromatic rings. The standard InChI is InChI=1S/C22H21FN2O3S/c23-17-7-9-18(10-8-17)28-13-4-3-12-24-22(27)19-5-1-2-6-20(19)25-21(26)16-11-14-29-15-16/h1-2,5-11,14-15H,3-4,12-13H2,(H,24,27)(H,25,26). The second-order valence-corrected chi connectivity index (χ2v) is 7.06. The van der Waals surface area contributed by atoms with Crippen molar-refractivity contribution in [3.8, 4) is 5.75 Å². The lowest BCUT2D eigenvalue weighted by Crippen LogP contribution is -2.26. The van der Waals surface area contributed by atoms with Gasteiger partial charge in [0.15, 0.2) is 0 Å². The van der Waals surface area contributed by atoms with Crippen LogP contribution in [0.2, 0.25) is 0 Å². The number of benzene rings is 2. The molecule has 150 valence electrons. The Labute approximate surface area is 172 Å². The second-order valence-electron chi connectivity index (χ2n) is 6.28. The predicted octanol–water partition coefficient (Wildman–Crippen LogP) is 4.73. The van der Waals surface area contributed by atoms with Crippen LogP contribution in [0.1, 0.15) is 33.6 Å². The molecule has 0 aliphatic heterocycles. The molecule has 0 spiro atoms. The van der Waals surface area contributed by atoms with Gasteiger partial charge in [-0.05, 0) is 60.7 Å². The number of amides is 2. The molecule has 0 fully saturated rings. The number of hydrogen-bond donors (Lipinski definition) is 2. The summed E-state index contributed by atoms with van der Waals surface area (Å²) in [6, 6.07) is 14.5. The first-order valence-corrected chi connectivity index (χ1v) is 10.2. The van der Waals surface area contributed by atoms with Crippen LogP contribution < -0.4 is 15.4 Å². The van der Waals surface area contributed by atoms with E-state index in [9.17, 15) is 14.0 Å². The molecule has 29 heavy (non-hydrogen) atoms. The molecule has 2 N–H and O–H groups in total. The van der Waals surface area contributed by atoms with Crippen LogP contribution in [0, 0.1) is 5.82 Å². The van der Waals surface area contributed by atoms with Crippen molar-refractivity contribution in [3.05, 3.63) is 82.3 Å². The summed E-state index contributed by atoms with van der Waals surface area (Å²) in [6.45, 7) is 0.965. The first-order valence-electron chi connectivity index (χ1n) is 9.22. The van der Waals surface area contributed by atoms with Gasteiger partial charge in [-0.15, -0.1) is 0 Å². The van der Waals surface area contributed by atoms with Crippen molar-refractivity contribution < 1.29 is 18.7 Å². The van der Waals surface area contributed by atoms with Gasteiger partial charge in [-0.1, -0.05) is 12.1 Å². The molecular weight excluding hydrogens is 391 g/mol. The van der Waals surface area contributed by atoms with Crippen molar-refractivity contribution in [2.75, 3.05) is 18.5 Å². The van der Waals surface area contributed by atoms with Gasteiger partial charge in [0.2, 0.25) is 0 Å². The van der Waals surface area contributed by atoms with E-state index in [0.29, 0.717) is 35.7 Å². The predicted molar refractivity (Wildman–Crippen MR) is 112 cm³/mol. The number of carbonyl (C=O) groups is 2. The zero-order valence-corrected chi connectivity index (χ0v) is 16.5. The number of halogens is 1. The number of nitrogens with one attached hydrogen (secondary N) is 2. The number of unbranched alkanes of at least 4 members (excludes halogenated alkanes) is 1. The van der Waals surface area contributed by atoms with Gasteiger partial charge in [-0.25, -0.2) is 4.39 Å². The first-order chi connectivity index (χ1) is 14.1. The highest BCUT2D eigenvalue weighted by atomic mass is 32.1. The third kappa shape index (κ3) is 6.15.